The standard InChI is InChI=1S/C17H15BrClNO3S/c1-23-17(22)14-7-6-13(8-15(14)19)20-16(21)10-24-9-11-2-4-12(18)5-3-11/h2-8H,9-10H2,1H3,(H,20,21). The highest BCUT2D eigenvalue weighted by molar-refractivity contribution is 9.10. The van der Waals surface area contributed by atoms with Crippen LogP contribution in [0.3, 0.4) is 0 Å². The van der Waals surface area contributed by atoms with Gasteiger partial charge in [-0.25, -0.2) is 4.79 Å². The second kappa shape index (κ2) is 9.11. The van der Waals surface area contributed by atoms with Crippen LogP contribution in [0.15, 0.2) is 46.9 Å². The van der Waals surface area contributed by atoms with E-state index in [4.69, 9.17) is 11.6 Å². The largest absolute Gasteiger partial charge is 0.465 e. The molecule has 2 aromatic rings. The van der Waals surface area contributed by atoms with Crippen molar-refractivity contribution >= 4 is 56.9 Å². The molecule has 4 nitrogen and oxygen atoms in total. The first-order chi connectivity index (χ1) is 11.5. The molecule has 7 heteroatoms. The molecule has 0 unspecified atom stereocenters. The Morgan fingerprint density at radius 3 is 2.54 bits per heavy atom. The van der Waals surface area contributed by atoms with Crippen LogP contribution >= 0.6 is 39.3 Å². The molecule has 1 amide bonds. The zero-order valence-corrected chi connectivity index (χ0v) is 16.0. The number of carbonyl (C=O) groups excluding carboxylic acids is 2. The van der Waals surface area contributed by atoms with Gasteiger partial charge in [0.1, 0.15) is 0 Å². The second-order valence-corrected chi connectivity index (χ2v) is 7.16. The lowest BCUT2D eigenvalue weighted by atomic mass is 10.2. The number of halogens is 2. The molecule has 0 aromatic heterocycles. The van der Waals surface area contributed by atoms with E-state index in [9.17, 15) is 9.59 Å². The molecule has 0 bridgehead atoms. The SMILES string of the molecule is COC(=O)c1ccc(NC(=O)CSCc2ccc(Br)cc2)cc1Cl. The Kier molecular flexibility index (Phi) is 7.15. The maximum absolute atomic E-state index is 12.0. The smallest absolute Gasteiger partial charge is 0.339 e. The van der Waals surface area contributed by atoms with Gasteiger partial charge in [0, 0.05) is 15.9 Å². The molecule has 2 rings (SSSR count). The summed E-state index contributed by atoms with van der Waals surface area (Å²) in [7, 11) is 1.29. The quantitative estimate of drug-likeness (QED) is 0.674. The van der Waals surface area contributed by atoms with Gasteiger partial charge in [0.25, 0.3) is 0 Å². The van der Waals surface area contributed by atoms with Gasteiger partial charge in [-0.3, -0.25) is 4.79 Å². The minimum atomic E-state index is -0.511. The fourth-order valence-corrected chi connectivity index (χ4v) is 3.22. The van der Waals surface area contributed by atoms with Crippen LogP contribution in [0.2, 0.25) is 5.02 Å². The lowest BCUT2D eigenvalue weighted by molar-refractivity contribution is -0.113. The number of rotatable bonds is 6. The van der Waals surface area contributed by atoms with Crippen molar-refractivity contribution in [2.24, 2.45) is 0 Å². The van der Waals surface area contributed by atoms with Crippen LogP contribution in [0.4, 0.5) is 5.69 Å². The van der Waals surface area contributed by atoms with Gasteiger partial charge < -0.3 is 10.1 Å². The Labute approximate surface area is 158 Å². The number of benzene rings is 2. The van der Waals surface area contributed by atoms with E-state index >= 15 is 0 Å². The molecular weight excluding hydrogens is 414 g/mol. The van der Waals surface area contributed by atoms with Crippen molar-refractivity contribution < 1.29 is 14.3 Å². The highest BCUT2D eigenvalue weighted by Crippen LogP contribution is 2.22. The monoisotopic (exact) mass is 427 g/mol. The summed E-state index contributed by atoms with van der Waals surface area (Å²) in [4.78, 5) is 23.4. The van der Waals surface area contributed by atoms with E-state index in [-0.39, 0.29) is 16.5 Å². The predicted molar refractivity (Wildman–Crippen MR) is 102 cm³/mol. The number of thioether (sulfide) groups is 1. The lowest BCUT2D eigenvalue weighted by Gasteiger charge is -2.08. The van der Waals surface area contributed by atoms with Gasteiger partial charge in [-0.1, -0.05) is 39.7 Å². The van der Waals surface area contributed by atoms with Crippen molar-refractivity contribution in [3.05, 3.63) is 63.1 Å². The molecule has 0 heterocycles. The van der Waals surface area contributed by atoms with E-state index in [1.54, 1.807) is 6.07 Å². The van der Waals surface area contributed by atoms with Crippen LogP contribution in [0.1, 0.15) is 15.9 Å². The normalized spacial score (nSPS) is 10.3. The summed E-state index contributed by atoms with van der Waals surface area (Å²) in [6.07, 6.45) is 0. The molecule has 2 aromatic carbocycles. The molecule has 0 radical (unpaired) electrons. The predicted octanol–water partition coefficient (Wildman–Crippen LogP) is 4.76. The first-order valence-corrected chi connectivity index (χ1v) is 9.32. The van der Waals surface area contributed by atoms with E-state index < -0.39 is 5.97 Å². The first kappa shape index (κ1) is 18.8. The third kappa shape index (κ3) is 5.54. The Bertz CT molecular complexity index is 737. The van der Waals surface area contributed by atoms with Crippen LogP contribution in [0.5, 0.6) is 0 Å². The summed E-state index contributed by atoms with van der Waals surface area (Å²) < 4.78 is 5.65. The van der Waals surface area contributed by atoms with E-state index in [2.05, 4.69) is 26.0 Å². The maximum Gasteiger partial charge on any atom is 0.339 e. The van der Waals surface area contributed by atoms with Gasteiger partial charge in [0.15, 0.2) is 0 Å². The molecule has 0 fully saturated rings. The van der Waals surface area contributed by atoms with Crippen LogP contribution in [0, 0.1) is 0 Å². The van der Waals surface area contributed by atoms with Crippen LogP contribution < -0.4 is 5.32 Å². The number of nitrogens with one attached hydrogen (secondary N) is 1. The molecule has 1 N–H and O–H groups in total. The molecule has 24 heavy (non-hydrogen) atoms. The zero-order chi connectivity index (χ0) is 17.5. The van der Waals surface area contributed by atoms with Crippen molar-refractivity contribution in [1.82, 2.24) is 0 Å². The second-order valence-electron chi connectivity index (χ2n) is 4.85. The number of ether oxygens (including phenoxy) is 1. The van der Waals surface area contributed by atoms with Gasteiger partial charge in [-0.2, -0.15) is 0 Å². The van der Waals surface area contributed by atoms with Crippen LogP contribution in [-0.4, -0.2) is 24.7 Å². The number of carbonyl (C=O) groups is 2. The van der Waals surface area contributed by atoms with Crippen molar-refractivity contribution in [2.75, 3.05) is 18.2 Å². The van der Waals surface area contributed by atoms with Crippen molar-refractivity contribution in [1.29, 1.82) is 0 Å². The van der Waals surface area contributed by atoms with Gasteiger partial charge >= 0.3 is 5.97 Å². The highest BCUT2D eigenvalue weighted by atomic mass is 79.9. The molecule has 0 spiro atoms. The van der Waals surface area contributed by atoms with Crippen molar-refractivity contribution in [3.63, 3.8) is 0 Å². The van der Waals surface area contributed by atoms with Crippen molar-refractivity contribution in [3.8, 4) is 0 Å². The fourth-order valence-electron chi connectivity index (χ4n) is 1.91. The topological polar surface area (TPSA) is 55.4 Å². The van der Waals surface area contributed by atoms with Gasteiger partial charge in [-0.05, 0) is 35.9 Å². The fraction of sp³-hybridized carbons (Fsp3) is 0.176. The molecule has 0 aliphatic heterocycles. The summed E-state index contributed by atoms with van der Waals surface area (Å²) in [5.74, 6) is 0.441. The highest BCUT2D eigenvalue weighted by Gasteiger charge is 2.12. The first-order valence-electron chi connectivity index (χ1n) is 6.99. The number of methoxy groups -OCH3 is 1. The van der Waals surface area contributed by atoms with E-state index in [1.807, 2.05) is 24.3 Å². The summed E-state index contributed by atoms with van der Waals surface area (Å²) in [5, 5.41) is 3.00. The molecule has 0 saturated heterocycles. The third-order valence-corrected chi connectivity index (χ3v) is 4.92. The number of hydrogen-bond acceptors (Lipinski definition) is 4. The average molecular weight is 429 g/mol. The van der Waals surface area contributed by atoms with Crippen molar-refractivity contribution in [2.45, 2.75) is 5.75 Å². The molecule has 0 aliphatic rings. The Morgan fingerprint density at radius 2 is 1.92 bits per heavy atom. The minimum absolute atomic E-state index is 0.126. The summed E-state index contributed by atoms with van der Waals surface area (Å²) in [6, 6.07) is 12.7. The number of anilines is 1. The Balaban J connectivity index is 1.85. The van der Waals surface area contributed by atoms with E-state index in [0.29, 0.717) is 11.4 Å². The summed E-state index contributed by atoms with van der Waals surface area (Å²) in [6.45, 7) is 0. The molecule has 126 valence electrons. The molecule has 0 saturated carbocycles. The Hall–Kier alpha value is -1.50. The van der Waals surface area contributed by atoms with E-state index in [1.165, 1.54) is 31.0 Å². The van der Waals surface area contributed by atoms with Crippen LogP contribution in [-0.2, 0) is 15.3 Å². The number of esters is 1. The third-order valence-electron chi connectivity index (χ3n) is 3.07. The van der Waals surface area contributed by atoms with Gasteiger partial charge in [0.05, 0.1) is 23.4 Å². The maximum atomic E-state index is 12.0. The van der Waals surface area contributed by atoms with Gasteiger partial charge in [0.2, 0.25) is 5.91 Å². The number of amides is 1. The van der Waals surface area contributed by atoms with Crippen LogP contribution in [0.25, 0.3) is 0 Å². The van der Waals surface area contributed by atoms with E-state index in [0.717, 1.165) is 15.8 Å². The minimum Gasteiger partial charge on any atom is -0.465 e. The summed E-state index contributed by atoms with van der Waals surface area (Å²) >= 11 is 10.9. The molecule has 0 atom stereocenters. The Morgan fingerprint density at radius 1 is 1.21 bits per heavy atom. The molecular formula is C17H15BrClNO3S. The zero-order valence-electron chi connectivity index (χ0n) is 12.8. The average Bonchev–Trinajstić information content (AvgIpc) is 2.56. The lowest BCUT2D eigenvalue weighted by Crippen LogP contribution is -2.14. The number of hydrogen-bond donors (Lipinski definition) is 1. The summed E-state index contributed by atoms with van der Waals surface area (Å²) in [5.41, 5.74) is 1.96. The molecule has 0 aliphatic carbocycles. The van der Waals surface area contributed by atoms with Gasteiger partial charge in [-0.15, -0.1) is 11.8 Å².